The van der Waals surface area contributed by atoms with Gasteiger partial charge in [0.15, 0.2) is 5.78 Å². The summed E-state index contributed by atoms with van der Waals surface area (Å²) in [6, 6.07) is 4.65. The van der Waals surface area contributed by atoms with Gasteiger partial charge in [-0.2, -0.15) is 12.8 Å². The van der Waals surface area contributed by atoms with Gasteiger partial charge < -0.3 is 0 Å². The fourth-order valence-corrected chi connectivity index (χ4v) is 2.89. The second-order valence-corrected chi connectivity index (χ2v) is 6.33. The van der Waals surface area contributed by atoms with E-state index in [2.05, 4.69) is 4.40 Å². The zero-order chi connectivity index (χ0) is 16.5. The molecule has 0 unspecified atom stereocenters. The van der Waals surface area contributed by atoms with Crippen molar-refractivity contribution in [3.63, 3.8) is 0 Å². The highest BCUT2D eigenvalue weighted by atomic mass is 32.2. The predicted molar refractivity (Wildman–Crippen MR) is 80.2 cm³/mol. The number of ketones is 1. The summed E-state index contributed by atoms with van der Waals surface area (Å²) in [6.07, 6.45) is 2.68. The topological polar surface area (TPSA) is 107 Å². The number of rotatable bonds is 3. The lowest BCUT2D eigenvalue weighted by atomic mass is 9.99. The van der Waals surface area contributed by atoms with E-state index >= 15 is 0 Å². The van der Waals surface area contributed by atoms with Gasteiger partial charge in [0, 0.05) is 12.1 Å². The maximum Gasteiger partial charge on any atom is 0.283 e. The van der Waals surface area contributed by atoms with Crippen molar-refractivity contribution in [2.24, 2.45) is 4.40 Å². The van der Waals surface area contributed by atoms with Gasteiger partial charge in [-0.1, -0.05) is 6.07 Å². The molecule has 0 radical (unpaired) electrons. The molecule has 1 aromatic carbocycles. The van der Waals surface area contributed by atoms with E-state index < -0.39 is 14.9 Å². The molecule has 1 aliphatic rings. The Hall–Kier alpha value is -2.61. The molecule has 0 aromatic heterocycles. The summed E-state index contributed by atoms with van der Waals surface area (Å²) in [4.78, 5) is 21.2. The zero-order valence-electron chi connectivity index (χ0n) is 11.8. The Bertz CT molecular complexity index is 863. The third-order valence-electron chi connectivity index (χ3n) is 3.04. The van der Waals surface area contributed by atoms with Gasteiger partial charge in [0.25, 0.3) is 15.7 Å². The number of nitrogens with zero attached hydrogens (tertiary/aromatic N) is 2. The van der Waals surface area contributed by atoms with E-state index in [4.69, 9.17) is 0 Å². The maximum atomic E-state index is 12.3. The number of allylic oxidation sites excluding steroid dienone is 4. The van der Waals surface area contributed by atoms with Crippen molar-refractivity contribution in [2.75, 3.05) is 0 Å². The van der Waals surface area contributed by atoms with E-state index in [0.717, 1.165) is 6.07 Å². The Morgan fingerprint density at radius 2 is 1.82 bits per heavy atom. The van der Waals surface area contributed by atoms with Gasteiger partial charge in [-0.05, 0) is 43.2 Å². The number of non-ortho nitro benzene ring substituents is 1. The molecule has 0 amide bonds. The second kappa shape index (κ2) is 5.64. The van der Waals surface area contributed by atoms with E-state index in [-0.39, 0.29) is 22.1 Å². The number of carbonyl (C=O) groups is 1. The van der Waals surface area contributed by atoms with Crippen molar-refractivity contribution >= 4 is 27.2 Å². The van der Waals surface area contributed by atoms with Crippen LogP contribution in [-0.2, 0) is 14.8 Å². The molecule has 0 N–H and O–H groups in total. The van der Waals surface area contributed by atoms with Crippen LogP contribution < -0.4 is 0 Å². The van der Waals surface area contributed by atoms with Gasteiger partial charge in [-0.15, -0.1) is 0 Å². The Labute approximate surface area is 126 Å². The van der Waals surface area contributed by atoms with E-state index in [1.54, 1.807) is 13.8 Å². The lowest BCUT2D eigenvalue weighted by Gasteiger charge is -2.09. The Balaban J connectivity index is 2.50. The summed E-state index contributed by atoms with van der Waals surface area (Å²) in [7, 11) is -4.10. The number of nitro groups is 1. The molecule has 0 fully saturated rings. The molecule has 0 atom stereocenters. The Morgan fingerprint density at radius 1 is 1.14 bits per heavy atom. The molecule has 8 heteroatoms. The molecule has 0 spiro atoms. The van der Waals surface area contributed by atoms with Gasteiger partial charge in [0.2, 0.25) is 0 Å². The van der Waals surface area contributed by atoms with E-state index in [9.17, 15) is 23.3 Å². The van der Waals surface area contributed by atoms with Crippen LogP contribution >= 0.6 is 0 Å². The fraction of sp³-hybridized carbons (Fsp3) is 0.143. The minimum absolute atomic E-state index is 0.142. The van der Waals surface area contributed by atoms with Gasteiger partial charge in [-0.3, -0.25) is 14.9 Å². The molecule has 0 saturated carbocycles. The number of nitro benzene ring substituents is 1. The molecule has 7 nitrogen and oxygen atoms in total. The Morgan fingerprint density at radius 3 is 2.45 bits per heavy atom. The standard InChI is InChI=1S/C14H12N2O5S/c1-9-7-14(17)10(2)6-13(9)15-22(20,21)12-5-3-4-11(8-12)16(18)19/h3-8H,1-2H3/b15-13+. The average molecular weight is 320 g/mol. The predicted octanol–water partition coefficient (Wildman–Crippen LogP) is 2.20. The van der Waals surface area contributed by atoms with Crippen LogP contribution in [0.25, 0.3) is 0 Å². The summed E-state index contributed by atoms with van der Waals surface area (Å²) in [5, 5.41) is 10.7. The van der Waals surface area contributed by atoms with Crippen LogP contribution in [-0.4, -0.2) is 24.8 Å². The summed E-state index contributed by atoms with van der Waals surface area (Å²) >= 11 is 0. The molecular weight excluding hydrogens is 308 g/mol. The van der Waals surface area contributed by atoms with Crippen LogP contribution in [0, 0.1) is 10.1 Å². The largest absolute Gasteiger partial charge is 0.290 e. The second-order valence-electron chi connectivity index (χ2n) is 4.73. The first-order valence-electron chi connectivity index (χ1n) is 6.21. The molecule has 0 aliphatic heterocycles. The van der Waals surface area contributed by atoms with Gasteiger partial charge >= 0.3 is 0 Å². The van der Waals surface area contributed by atoms with Crippen molar-refractivity contribution in [2.45, 2.75) is 18.7 Å². The van der Waals surface area contributed by atoms with Crippen LogP contribution in [0.15, 0.2) is 56.9 Å². The molecule has 22 heavy (non-hydrogen) atoms. The van der Waals surface area contributed by atoms with Crippen LogP contribution in [0.2, 0.25) is 0 Å². The third-order valence-corrected chi connectivity index (χ3v) is 4.33. The normalized spacial score (nSPS) is 17.2. The molecule has 2 rings (SSSR count). The van der Waals surface area contributed by atoms with Gasteiger partial charge in [0.05, 0.1) is 15.5 Å². The molecule has 1 aliphatic carbocycles. The van der Waals surface area contributed by atoms with Crippen molar-refractivity contribution in [1.29, 1.82) is 0 Å². The van der Waals surface area contributed by atoms with Crippen LogP contribution in [0.1, 0.15) is 13.8 Å². The minimum atomic E-state index is -4.10. The highest BCUT2D eigenvalue weighted by molar-refractivity contribution is 7.90. The highest BCUT2D eigenvalue weighted by Crippen LogP contribution is 2.21. The van der Waals surface area contributed by atoms with Crippen molar-refractivity contribution in [1.82, 2.24) is 0 Å². The lowest BCUT2D eigenvalue weighted by Crippen LogP contribution is -2.12. The summed E-state index contributed by atoms with van der Waals surface area (Å²) in [5.41, 5.74) is 0.603. The fourth-order valence-electron chi connectivity index (χ4n) is 1.81. The van der Waals surface area contributed by atoms with E-state index in [1.807, 2.05) is 0 Å². The molecule has 0 bridgehead atoms. The van der Waals surface area contributed by atoms with Crippen LogP contribution in [0.3, 0.4) is 0 Å². The van der Waals surface area contributed by atoms with Crippen molar-refractivity contribution in [3.05, 3.63) is 57.7 Å². The number of sulfonamides is 1. The molecular formula is C14H12N2O5S. The quantitative estimate of drug-likeness (QED) is 0.482. The smallest absolute Gasteiger partial charge is 0.283 e. The van der Waals surface area contributed by atoms with Crippen LogP contribution in [0.5, 0.6) is 0 Å². The number of benzene rings is 1. The van der Waals surface area contributed by atoms with Gasteiger partial charge in [0.1, 0.15) is 0 Å². The Kier molecular flexibility index (Phi) is 4.05. The van der Waals surface area contributed by atoms with Crippen molar-refractivity contribution in [3.8, 4) is 0 Å². The minimum Gasteiger partial charge on any atom is -0.290 e. The highest BCUT2D eigenvalue weighted by Gasteiger charge is 2.20. The van der Waals surface area contributed by atoms with E-state index in [0.29, 0.717) is 11.1 Å². The SMILES string of the molecule is CC1=C/C(=N\S(=O)(=O)c2cccc([N+](=O)[O-])c2)C(C)=CC1=O. The maximum absolute atomic E-state index is 12.3. The molecule has 114 valence electrons. The third kappa shape index (κ3) is 3.17. The summed E-state index contributed by atoms with van der Waals surface area (Å²) in [5.74, 6) is -0.204. The van der Waals surface area contributed by atoms with Gasteiger partial charge in [-0.25, -0.2) is 0 Å². The number of carbonyl (C=O) groups excluding carboxylic acids is 1. The first-order chi connectivity index (χ1) is 10.2. The zero-order valence-corrected chi connectivity index (χ0v) is 12.6. The molecule has 1 aromatic rings. The first kappa shape index (κ1) is 15.8. The van der Waals surface area contributed by atoms with Crippen LogP contribution in [0.4, 0.5) is 5.69 Å². The average Bonchev–Trinajstić information content (AvgIpc) is 2.44. The summed E-state index contributed by atoms with van der Waals surface area (Å²) < 4.78 is 28.2. The van der Waals surface area contributed by atoms with E-state index in [1.165, 1.54) is 30.4 Å². The molecule has 0 heterocycles. The summed E-state index contributed by atoms with van der Waals surface area (Å²) in [6.45, 7) is 3.13. The lowest BCUT2D eigenvalue weighted by molar-refractivity contribution is -0.385. The molecule has 0 saturated heterocycles. The first-order valence-corrected chi connectivity index (χ1v) is 7.65. The monoisotopic (exact) mass is 320 g/mol. The number of hydrogen-bond acceptors (Lipinski definition) is 5. The van der Waals surface area contributed by atoms with Crippen molar-refractivity contribution < 1.29 is 18.1 Å². The number of hydrogen-bond donors (Lipinski definition) is 0.